The fourth-order valence-electron chi connectivity index (χ4n) is 4.66. The molecule has 0 spiro atoms. The molecule has 13 heteroatoms. The normalized spacial score (nSPS) is 18.2. The first-order valence-corrected chi connectivity index (χ1v) is 12.7. The molecule has 1 fully saturated rings. The Kier molecular flexibility index (Phi) is 8.79. The zero-order valence-electron chi connectivity index (χ0n) is 21.3. The van der Waals surface area contributed by atoms with Crippen molar-refractivity contribution in [1.29, 1.82) is 5.26 Å². The number of halogens is 4. The largest absolute Gasteiger partial charge is 0.490 e. The first kappa shape index (κ1) is 28.7. The Morgan fingerprint density at radius 3 is 2.70 bits per heavy atom. The summed E-state index contributed by atoms with van der Waals surface area (Å²) >= 11 is 0. The molecule has 5 N–H and O–H groups in total. The van der Waals surface area contributed by atoms with Crippen LogP contribution in [0.15, 0.2) is 42.5 Å². The number of nitriles is 1. The first-order chi connectivity index (χ1) is 19.0. The number of alkyl halides is 3. The number of ether oxygens (including phenoxy) is 1. The molecule has 0 amide bonds. The highest BCUT2D eigenvalue weighted by Crippen LogP contribution is 2.33. The molecule has 1 aromatic heterocycles. The third kappa shape index (κ3) is 7.01. The van der Waals surface area contributed by atoms with E-state index in [1.165, 1.54) is 12.1 Å². The number of carboxylic acids is 1. The molecule has 2 heterocycles. The standard InChI is InChI=1S/C25H27FN6O.C2HF3O2/c26-21-11-17(4-5-18(21)14-27)23-13-25(30-15-16-2-1-3-19(28)10-16)31-32(23)20-6-7-24-22(12-20)29-8-9-33-24;3-2(4,5)1(6)7/h4-7,11-13,16,19,29H,1-3,8-10,15,28H2,(H,30,31);(H,6,7)/t16-,19-;/m0./s1. The lowest BCUT2D eigenvalue weighted by Crippen LogP contribution is -2.31. The summed E-state index contributed by atoms with van der Waals surface area (Å²) in [6.07, 6.45) is -0.666. The van der Waals surface area contributed by atoms with E-state index in [0.717, 1.165) is 67.4 Å². The van der Waals surface area contributed by atoms with Crippen molar-refractivity contribution in [3.8, 4) is 28.8 Å². The van der Waals surface area contributed by atoms with Gasteiger partial charge in [0.2, 0.25) is 0 Å². The maximum absolute atomic E-state index is 14.4. The van der Waals surface area contributed by atoms with Crippen LogP contribution in [0.1, 0.15) is 31.2 Å². The van der Waals surface area contributed by atoms with Crippen molar-refractivity contribution in [3.05, 3.63) is 53.8 Å². The molecule has 40 heavy (non-hydrogen) atoms. The summed E-state index contributed by atoms with van der Waals surface area (Å²) in [7, 11) is 0. The number of nitrogens with one attached hydrogen (secondary N) is 2. The molecule has 3 aromatic rings. The average molecular weight is 561 g/mol. The van der Waals surface area contributed by atoms with Gasteiger partial charge in [0.1, 0.15) is 30.1 Å². The second kappa shape index (κ2) is 12.3. The van der Waals surface area contributed by atoms with E-state index in [4.69, 9.17) is 30.7 Å². The predicted molar refractivity (Wildman–Crippen MR) is 140 cm³/mol. The topological polar surface area (TPSA) is 138 Å². The molecular formula is C27H28F4N6O3. The maximum atomic E-state index is 14.4. The zero-order valence-corrected chi connectivity index (χ0v) is 21.3. The van der Waals surface area contributed by atoms with Gasteiger partial charge in [-0.05, 0) is 55.5 Å². The minimum absolute atomic E-state index is 0.0203. The van der Waals surface area contributed by atoms with Crippen LogP contribution in [0.2, 0.25) is 0 Å². The van der Waals surface area contributed by atoms with Crippen LogP contribution >= 0.6 is 0 Å². The molecule has 1 aliphatic heterocycles. The molecule has 9 nitrogen and oxygen atoms in total. The monoisotopic (exact) mass is 560 g/mol. The molecule has 1 saturated carbocycles. The average Bonchev–Trinajstić information content (AvgIpc) is 3.36. The van der Waals surface area contributed by atoms with Crippen LogP contribution in [0.3, 0.4) is 0 Å². The Hall–Kier alpha value is -4.31. The molecule has 5 rings (SSSR count). The van der Waals surface area contributed by atoms with Gasteiger partial charge in [-0.25, -0.2) is 13.9 Å². The quantitative estimate of drug-likeness (QED) is 0.323. The van der Waals surface area contributed by atoms with E-state index in [1.54, 1.807) is 10.7 Å². The molecule has 0 unspecified atom stereocenters. The number of carbonyl (C=O) groups is 1. The smallest absolute Gasteiger partial charge is 0.490 e. The third-order valence-corrected chi connectivity index (χ3v) is 6.62. The number of rotatable bonds is 5. The summed E-state index contributed by atoms with van der Waals surface area (Å²) in [6.45, 7) is 2.16. The molecular weight excluding hydrogens is 532 g/mol. The summed E-state index contributed by atoms with van der Waals surface area (Å²) in [5.41, 5.74) is 9.28. The Bertz CT molecular complexity index is 1400. The number of aliphatic carboxylic acids is 1. The SMILES string of the molecule is N#Cc1ccc(-c2cc(NC[C@H]3CCC[C@H](N)C3)nn2-c2ccc3c(c2)NCCO3)cc1F.O=C(O)C(F)(F)F. The van der Waals surface area contributed by atoms with Crippen LogP contribution in [-0.2, 0) is 4.79 Å². The van der Waals surface area contributed by atoms with Crippen molar-refractivity contribution in [3.63, 3.8) is 0 Å². The number of fused-ring (bicyclic) bond motifs is 1. The number of nitrogens with zero attached hydrogens (tertiary/aromatic N) is 3. The minimum atomic E-state index is -5.08. The van der Waals surface area contributed by atoms with Gasteiger partial charge in [0.05, 0.1) is 22.6 Å². The van der Waals surface area contributed by atoms with Gasteiger partial charge in [0.25, 0.3) is 0 Å². The van der Waals surface area contributed by atoms with Crippen LogP contribution in [-0.4, -0.2) is 52.8 Å². The van der Waals surface area contributed by atoms with Crippen LogP contribution in [0.5, 0.6) is 5.75 Å². The van der Waals surface area contributed by atoms with Gasteiger partial charge in [-0.3, -0.25) is 0 Å². The van der Waals surface area contributed by atoms with Crippen molar-refractivity contribution in [2.75, 3.05) is 30.3 Å². The van der Waals surface area contributed by atoms with Crippen molar-refractivity contribution >= 4 is 17.5 Å². The van der Waals surface area contributed by atoms with Gasteiger partial charge in [0.15, 0.2) is 0 Å². The van der Waals surface area contributed by atoms with Gasteiger partial charge in [0, 0.05) is 30.8 Å². The lowest BCUT2D eigenvalue weighted by atomic mass is 9.86. The van der Waals surface area contributed by atoms with E-state index in [0.29, 0.717) is 18.1 Å². The molecule has 2 atom stereocenters. The molecule has 0 saturated heterocycles. The van der Waals surface area contributed by atoms with Gasteiger partial charge in [-0.15, -0.1) is 5.10 Å². The molecule has 2 aliphatic rings. The van der Waals surface area contributed by atoms with Crippen molar-refractivity contribution in [1.82, 2.24) is 9.78 Å². The predicted octanol–water partition coefficient (Wildman–Crippen LogP) is 4.92. The van der Waals surface area contributed by atoms with E-state index in [1.807, 2.05) is 30.3 Å². The van der Waals surface area contributed by atoms with Crippen LogP contribution in [0.4, 0.5) is 29.1 Å². The fourth-order valence-corrected chi connectivity index (χ4v) is 4.66. The second-order valence-electron chi connectivity index (χ2n) is 9.57. The van der Waals surface area contributed by atoms with E-state index < -0.39 is 18.0 Å². The van der Waals surface area contributed by atoms with Crippen LogP contribution in [0.25, 0.3) is 16.9 Å². The fraction of sp³-hybridized carbons (Fsp3) is 0.370. The van der Waals surface area contributed by atoms with Gasteiger partial charge in [-0.2, -0.15) is 18.4 Å². The highest BCUT2D eigenvalue weighted by molar-refractivity contribution is 5.73. The summed E-state index contributed by atoms with van der Waals surface area (Å²) in [5, 5.41) is 27.8. The number of nitrogens with two attached hydrogens (primary N) is 1. The Morgan fingerprint density at radius 2 is 2.02 bits per heavy atom. The summed E-state index contributed by atoms with van der Waals surface area (Å²) in [6, 6.07) is 14.5. The lowest BCUT2D eigenvalue weighted by Gasteiger charge is -2.26. The lowest BCUT2D eigenvalue weighted by molar-refractivity contribution is -0.192. The third-order valence-electron chi connectivity index (χ3n) is 6.62. The Balaban J connectivity index is 0.000000470. The summed E-state index contributed by atoms with van der Waals surface area (Å²) in [4.78, 5) is 8.90. The van der Waals surface area contributed by atoms with E-state index in [9.17, 15) is 17.6 Å². The first-order valence-electron chi connectivity index (χ1n) is 12.7. The number of aromatic nitrogens is 2. The molecule has 0 bridgehead atoms. The van der Waals surface area contributed by atoms with Crippen molar-refractivity contribution < 1.29 is 32.2 Å². The number of benzene rings is 2. The Morgan fingerprint density at radius 1 is 1.25 bits per heavy atom. The minimum Gasteiger partial charge on any atom is -0.490 e. The number of hydrogen-bond acceptors (Lipinski definition) is 7. The number of hydrogen-bond donors (Lipinski definition) is 4. The summed E-state index contributed by atoms with van der Waals surface area (Å²) in [5.74, 6) is -1.27. The van der Waals surface area contributed by atoms with Gasteiger partial charge in [-0.1, -0.05) is 12.5 Å². The number of anilines is 2. The zero-order chi connectivity index (χ0) is 28.9. The van der Waals surface area contributed by atoms with E-state index >= 15 is 0 Å². The van der Waals surface area contributed by atoms with Crippen LogP contribution < -0.4 is 21.1 Å². The van der Waals surface area contributed by atoms with E-state index in [2.05, 4.69) is 10.6 Å². The maximum Gasteiger partial charge on any atom is 0.490 e. The van der Waals surface area contributed by atoms with Crippen LogP contribution in [0, 0.1) is 23.1 Å². The molecule has 2 aromatic carbocycles. The Labute approximate surface area is 227 Å². The highest BCUT2D eigenvalue weighted by Gasteiger charge is 2.38. The second-order valence-corrected chi connectivity index (χ2v) is 9.57. The molecule has 1 aliphatic carbocycles. The van der Waals surface area contributed by atoms with Gasteiger partial charge >= 0.3 is 12.1 Å². The molecule has 212 valence electrons. The van der Waals surface area contributed by atoms with E-state index in [-0.39, 0.29) is 11.6 Å². The molecule has 0 radical (unpaired) electrons. The number of carboxylic acid groups (broad SMARTS) is 1. The summed E-state index contributed by atoms with van der Waals surface area (Å²) < 4.78 is 53.7. The van der Waals surface area contributed by atoms with Gasteiger partial charge < -0.3 is 26.2 Å². The highest BCUT2D eigenvalue weighted by atomic mass is 19.4. The van der Waals surface area contributed by atoms with Crippen molar-refractivity contribution in [2.24, 2.45) is 11.7 Å². The van der Waals surface area contributed by atoms with Crippen molar-refractivity contribution in [2.45, 2.75) is 37.9 Å².